The molecule has 0 spiro atoms. The Morgan fingerprint density at radius 3 is 2.36 bits per heavy atom. The summed E-state index contributed by atoms with van der Waals surface area (Å²) in [7, 11) is 0. The van der Waals surface area contributed by atoms with Gasteiger partial charge < -0.3 is 25.5 Å². The molecular weight excluding hydrogens is 320 g/mol. The molecule has 3 rings (SSSR count). The van der Waals surface area contributed by atoms with Gasteiger partial charge in [-0.1, -0.05) is 20.3 Å². The van der Waals surface area contributed by atoms with Gasteiger partial charge >= 0.3 is 0 Å². The van der Waals surface area contributed by atoms with Crippen molar-refractivity contribution in [1.82, 2.24) is 0 Å². The van der Waals surface area contributed by atoms with E-state index < -0.39 is 23.4 Å². The van der Waals surface area contributed by atoms with Gasteiger partial charge in [0, 0.05) is 6.61 Å². The Morgan fingerprint density at radius 2 is 1.80 bits per heavy atom. The third kappa shape index (κ3) is 2.62. The molecular formula is C20H34O5. The van der Waals surface area contributed by atoms with Crippen molar-refractivity contribution in [3.8, 4) is 0 Å². The highest BCUT2D eigenvalue weighted by Crippen LogP contribution is 2.63. The van der Waals surface area contributed by atoms with E-state index in [4.69, 9.17) is 0 Å². The van der Waals surface area contributed by atoms with Crippen LogP contribution in [0.5, 0.6) is 0 Å². The first-order valence-electron chi connectivity index (χ1n) is 9.53. The third-order valence-electron chi connectivity index (χ3n) is 7.84. The predicted molar refractivity (Wildman–Crippen MR) is 94.7 cm³/mol. The summed E-state index contributed by atoms with van der Waals surface area (Å²) in [5, 5.41) is 52.9. The van der Waals surface area contributed by atoms with E-state index >= 15 is 0 Å². The zero-order valence-electron chi connectivity index (χ0n) is 15.9. The molecule has 25 heavy (non-hydrogen) atoms. The first-order valence-corrected chi connectivity index (χ1v) is 9.53. The second-order valence-electron chi connectivity index (χ2n) is 9.81. The van der Waals surface area contributed by atoms with Crippen molar-refractivity contribution >= 4 is 0 Å². The average molecular weight is 354 g/mol. The van der Waals surface area contributed by atoms with Crippen LogP contribution in [0.3, 0.4) is 0 Å². The lowest BCUT2D eigenvalue weighted by atomic mass is 9.44. The minimum atomic E-state index is -1.77. The van der Waals surface area contributed by atoms with Gasteiger partial charge in [-0.2, -0.15) is 0 Å². The average Bonchev–Trinajstić information content (AvgIpc) is 2.51. The summed E-state index contributed by atoms with van der Waals surface area (Å²) in [6.45, 7) is 7.37. The molecule has 0 radical (unpaired) electrons. The number of fused-ring (bicyclic) bond motifs is 3. The molecule has 0 aromatic heterocycles. The Morgan fingerprint density at radius 1 is 1.16 bits per heavy atom. The Labute approximate surface area is 150 Å². The van der Waals surface area contributed by atoms with Gasteiger partial charge in [-0.15, -0.1) is 0 Å². The molecule has 0 unspecified atom stereocenters. The molecule has 7 atom stereocenters. The van der Waals surface area contributed by atoms with Crippen LogP contribution in [0.2, 0.25) is 0 Å². The quantitative estimate of drug-likeness (QED) is 0.482. The second kappa shape index (κ2) is 5.77. The van der Waals surface area contributed by atoms with E-state index in [1.807, 2.05) is 0 Å². The fraction of sp³-hybridized carbons (Fsp3) is 0.900. The van der Waals surface area contributed by atoms with Gasteiger partial charge in [0.05, 0.1) is 17.8 Å². The Hall–Kier alpha value is -0.460. The first-order chi connectivity index (χ1) is 11.4. The molecule has 0 heterocycles. The predicted octanol–water partition coefficient (Wildman–Crippen LogP) is 1.37. The SMILES string of the molecule is CC(C)(O)[C@]1(O)C=C2[C@H](O)C[C@H]3[C@](C)(CO)CCC[C@]3(C)[C@H]2C[C@@H]1O. The van der Waals surface area contributed by atoms with E-state index in [9.17, 15) is 25.5 Å². The van der Waals surface area contributed by atoms with Crippen LogP contribution < -0.4 is 0 Å². The van der Waals surface area contributed by atoms with Crippen molar-refractivity contribution in [2.45, 2.75) is 83.2 Å². The van der Waals surface area contributed by atoms with Crippen molar-refractivity contribution in [2.75, 3.05) is 6.61 Å². The van der Waals surface area contributed by atoms with Crippen LogP contribution in [-0.4, -0.2) is 55.5 Å². The normalized spacial score (nSPS) is 50.7. The van der Waals surface area contributed by atoms with E-state index in [1.165, 1.54) is 19.9 Å². The van der Waals surface area contributed by atoms with Crippen LogP contribution in [0.1, 0.15) is 59.8 Å². The van der Waals surface area contributed by atoms with E-state index in [2.05, 4.69) is 13.8 Å². The Balaban J connectivity index is 2.07. The summed E-state index contributed by atoms with van der Waals surface area (Å²) in [6.07, 6.45) is 3.53. The zero-order chi connectivity index (χ0) is 18.8. The lowest BCUT2D eigenvalue weighted by Crippen LogP contribution is -2.63. The van der Waals surface area contributed by atoms with Crippen molar-refractivity contribution in [1.29, 1.82) is 0 Å². The molecule has 0 aromatic rings. The molecule has 3 aliphatic carbocycles. The molecule has 144 valence electrons. The van der Waals surface area contributed by atoms with E-state index in [0.29, 0.717) is 12.8 Å². The maximum absolute atomic E-state index is 10.9. The molecule has 2 fully saturated rings. The number of aliphatic hydroxyl groups excluding tert-OH is 3. The smallest absolute Gasteiger partial charge is 0.137 e. The number of aliphatic hydroxyl groups is 5. The molecule has 5 nitrogen and oxygen atoms in total. The highest BCUT2D eigenvalue weighted by atomic mass is 16.4. The molecule has 0 saturated heterocycles. The summed E-state index contributed by atoms with van der Waals surface area (Å²) in [5.74, 6) is 0.112. The maximum Gasteiger partial charge on any atom is 0.137 e. The minimum Gasteiger partial charge on any atom is -0.396 e. The van der Waals surface area contributed by atoms with Gasteiger partial charge in [0.25, 0.3) is 0 Å². The molecule has 5 N–H and O–H groups in total. The van der Waals surface area contributed by atoms with Crippen LogP contribution in [0.4, 0.5) is 0 Å². The molecule has 0 bridgehead atoms. The Kier molecular flexibility index (Phi) is 4.45. The van der Waals surface area contributed by atoms with Crippen molar-refractivity contribution in [3.05, 3.63) is 11.6 Å². The Bertz CT molecular complexity index is 567. The molecule has 0 aromatic carbocycles. The lowest BCUT2D eigenvalue weighted by Gasteiger charge is -2.61. The fourth-order valence-corrected chi connectivity index (χ4v) is 6.09. The highest BCUT2D eigenvalue weighted by molar-refractivity contribution is 5.32. The lowest BCUT2D eigenvalue weighted by molar-refractivity contribution is -0.185. The van der Waals surface area contributed by atoms with Crippen LogP contribution in [-0.2, 0) is 0 Å². The summed E-state index contributed by atoms with van der Waals surface area (Å²) in [4.78, 5) is 0. The van der Waals surface area contributed by atoms with Gasteiger partial charge in [0.2, 0.25) is 0 Å². The fourth-order valence-electron chi connectivity index (χ4n) is 6.09. The summed E-state index contributed by atoms with van der Waals surface area (Å²) >= 11 is 0. The van der Waals surface area contributed by atoms with E-state index in [0.717, 1.165) is 24.8 Å². The van der Waals surface area contributed by atoms with Crippen LogP contribution in [0.25, 0.3) is 0 Å². The third-order valence-corrected chi connectivity index (χ3v) is 7.84. The van der Waals surface area contributed by atoms with Gasteiger partial charge in [-0.3, -0.25) is 0 Å². The molecule has 5 heteroatoms. The van der Waals surface area contributed by atoms with Gasteiger partial charge in [0.1, 0.15) is 5.60 Å². The van der Waals surface area contributed by atoms with E-state index in [1.54, 1.807) is 0 Å². The van der Waals surface area contributed by atoms with Crippen LogP contribution in [0.15, 0.2) is 11.6 Å². The second-order valence-corrected chi connectivity index (χ2v) is 9.81. The molecule has 3 aliphatic rings. The number of rotatable bonds is 2. The summed E-state index contributed by atoms with van der Waals surface area (Å²) in [6, 6.07) is 0. The monoisotopic (exact) mass is 354 g/mol. The number of hydrogen-bond donors (Lipinski definition) is 5. The summed E-state index contributed by atoms with van der Waals surface area (Å²) in [5.41, 5.74) is -2.89. The van der Waals surface area contributed by atoms with Crippen molar-refractivity contribution in [2.24, 2.45) is 22.7 Å². The topological polar surface area (TPSA) is 101 Å². The van der Waals surface area contributed by atoms with Crippen LogP contribution >= 0.6 is 0 Å². The highest BCUT2D eigenvalue weighted by Gasteiger charge is 2.61. The molecule has 2 saturated carbocycles. The zero-order valence-corrected chi connectivity index (χ0v) is 15.9. The van der Waals surface area contributed by atoms with Gasteiger partial charge in [-0.05, 0) is 73.8 Å². The van der Waals surface area contributed by atoms with Gasteiger partial charge in [-0.25, -0.2) is 0 Å². The largest absolute Gasteiger partial charge is 0.396 e. The van der Waals surface area contributed by atoms with Crippen molar-refractivity contribution < 1.29 is 25.5 Å². The summed E-state index contributed by atoms with van der Waals surface area (Å²) < 4.78 is 0. The minimum absolute atomic E-state index is 0.0509. The van der Waals surface area contributed by atoms with E-state index in [-0.39, 0.29) is 29.3 Å². The first kappa shape index (κ1) is 19.3. The van der Waals surface area contributed by atoms with Gasteiger partial charge in [0.15, 0.2) is 0 Å². The molecule has 0 amide bonds. The number of hydrogen-bond acceptors (Lipinski definition) is 5. The van der Waals surface area contributed by atoms with Crippen molar-refractivity contribution in [3.63, 3.8) is 0 Å². The molecule has 0 aliphatic heterocycles. The standard InChI is InChI=1S/C20H34O5/c1-17(2,24)20(25)10-12-13(8-16(20)23)19(4)7-5-6-18(3,11-21)15(19)9-14(12)22/h10,13-16,21-25H,5-9,11H2,1-4H3/t13-,14+,15-,16-,18-,19+,20-/m0/s1. The van der Waals surface area contributed by atoms with Crippen LogP contribution in [0, 0.1) is 22.7 Å². The maximum atomic E-state index is 10.9.